The number of ketones is 1. The van der Waals surface area contributed by atoms with Crippen molar-refractivity contribution in [3.63, 3.8) is 0 Å². The number of carbonyl (C=O) groups excluding carboxylic acids is 1. The van der Waals surface area contributed by atoms with Gasteiger partial charge in [-0.15, -0.1) is 5.10 Å². The van der Waals surface area contributed by atoms with Crippen LogP contribution in [0.4, 0.5) is 14.7 Å². The number of tetrazole rings is 1. The van der Waals surface area contributed by atoms with E-state index in [1.165, 1.54) is 22.6 Å². The maximum Gasteiger partial charge on any atom is 0.266 e. The zero-order valence-corrected chi connectivity index (χ0v) is 17.6. The molecular weight excluding hydrogens is 416 g/mol. The highest BCUT2D eigenvalue weighted by molar-refractivity contribution is 5.97. The van der Waals surface area contributed by atoms with E-state index in [1.807, 2.05) is 0 Å². The van der Waals surface area contributed by atoms with Gasteiger partial charge in [-0.25, -0.2) is 8.78 Å². The molecule has 10 heteroatoms. The molecule has 2 aromatic heterocycles. The number of fused-ring (bicyclic) bond motifs is 2. The molecule has 0 spiro atoms. The minimum absolute atomic E-state index is 0.209. The molecule has 0 N–H and O–H groups in total. The first kappa shape index (κ1) is 20.3. The molecule has 1 aliphatic heterocycles. The molecule has 2 aliphatic rings. The SMILES string of the molecule is Cn1nnc(N2CCC3=C(C2)c2ncc(CC(=O)c4c(F)cccc4F)nc2CCC3)n1. The van der Waals surface area contributed by atoms with Crippen LogP contribution in [0.2, 0.25) is 0 Å². The first-order valence-electron chi connectivity index (χ1n) is 10.5. The summed E-state index contributed by atoms with van der Waals surface area (Å²) in [6, 6.07) is 3.39. The minimum atomic E-state index is -0.868. The molecule has 0 bridgehead atoms. The number of Topliss-reactive ketones (excluding diaryl/α,β-unsaturated/α-hetero) is 1. The molecule has 0 saturated heterocycles. The number of rotatable bonds is 4. The van der Waals surface area contributed by atoms with Gasteiger partial charge in [0.15, 0.2) is 5.78 Å². The summed E-state index contributed by atoms with van der Waals surface area (Å²) in [4.78, 5) is 25.3. The van der Waals surface area contributed by atoms with Crippen molar-refractivity contribution in [2.24, 2.45) is 7.05 Å². The van der Waals surface area contributed by atoms with Crippen LogP contribution >= 0.6 is 0 Å². The third kappa shape index (κ3) is 3.76. The van der Waals surface area contributed by atoms with E-state index < -0.39 is 23.0 Å². The Labute approximate surface area is 183 Å². The summed E-state index contributed by atoms with van der Waals surface area (Å²) < 4.78 is 27.9. The Morgan fingerprint density at radius 3 is 2.72 bits per heavy atom. The molecule has 5 rings (SSSR count). The Morgan fingerprint density at radius 1 is 1.16 bits per heavy atom. The number of aromatic nitrogens is 6. The van der Waals surface area contributed by atoms with E-state index in [9.17, 15) is 13.6 Å². The van der Waals surface area contributed by atoms with Gasteiger partial charge in [0.25, 0.3) is 5.95 Å². The van der Waals surface area contributed by atoms with Crippen LogP contribution < -0.4 is 4.90 Å². The Kier molecular flexibility index (Phi) is 5.20. The van der Waals surface area contributed by atoms with Crippen molar-refractivity contribution in [1.29, 1.82) is 0 Å². The first-order valence-corrected chi connectivity index (χ1v) is 10.5. The molecule has 0 saturated carbocycles. The third-order valence-corrected chi connectivity index (χ3v) is 5.90. The summed E-state index contributed by atoms with van der Waals surface area (Å²) in [5.74, 6) is -1.81. The van der Waals surface area contributed by atoms with Crippen molar-refractivity contribution in [1.82, 2.24) is 30.2 Å². The Morgan fingerprint density at radius 2 is 1.97 bits per heavy atom. The lowest BCUT2D eigenvalue weighted by atomic mass is 9.96. The van der Waals surface area contributed by atoms with Crippen LogP contribution in [-0.2, 0) is 19.9 Å². The second kappa shape index (κ2) is 8.18. The summed E-state index contributed by atoms with van der Waals surface area (Å²) in [6.07, 6.45) is 4.84. The zero-order valence-electron chi connectivity index (χ0n) is 17.6. The molecular formula is C22H21F2N7O. The van der Waals surface area contributed by atoms with Crippen molar-refractivity contribution in [3.05, 3.63) is 64.2 Å². The van der Waals surface area contributed by atoms with Gasteiger partial charge in [0.05, 0.1) is 36.1 Å². The fourth-order valence-corrected chi connectivity index (χ4v) is 4.36. The molecule has 32 heavy (non-hydrogen) atoms. The van der Waals surface area contributed by atoms with Crippen LogP contribution in [0, 0.1) is 11.6 Å². The average molecular weight is 437 g/mol. The lowest BCUT2D eigenvalue weighted by molar-refractivity contribution is 0.0983. The molecule has 0 fully saturated rings. The predicted molar refractivity (Wildman–Crippen MR) is 112 cm³/mol. The maximum absolute atomic E-state index is 14.0. The van der Waals surface area contributed by atoms with E-state index >= 15 is 0 Å². The van der Waals surface area contributed by atoms with Crippen LogP contribution in [0.5, 0.6) is 0 Å². The van der Waals surface area contributed by atoms with Gasteiger partial charge in [0.2, 0.25) is 0 Å². The third-order valence-electron chi connectivity index (χ3n) is 5.90. The van der Waals surface area contributed by atoms with Gasteiger partial charge in [-0.2, -0.15) is 4.80 Å². The lowest BCUT2D eigenvalue weighted by Crippen LogP contribution is -2.32. The molecule has 3 heterocycles. The number of halogens is 2. The van der Waals surface area contributed by atoms with Crippen LogP contribution in [0.15, 0.2) is 30.0 Å². The number of nitrogens with zero attached hydrogens (tertiary/aromatic N) is 7. The van der Waals surface area contributed by atoms with Gasteiger partial charge in [-0.1, -0.05) is 16.7 Å². The van der Waals surface area contributed by atoms with Gasteiger partial charge in [-0.3, -0.25) is 14.8 Å². The standard InChI is InChI=1S/C22H21F2N7O/c1-30-28-22(27-29-30)31-9-8-13-4-2-7-18-21(15(13)12-31)25-11-14(26-18)10-19(32)20-16(23)5-3-6-17(20)24/h3,5-6,11H,2,4,7-10,12H2,1H3. The van der Waals surface area contributed by atoms with Crippen LogP contribution in [-0.4, -0.2) is 49.0 Å². The molecule has 164 valence electrons. The molecule has 0 atom stereocenters. The molecule has 0 amide bonds. The summed E-state index contributed by atoms with van der Waals surface area (Å²) in [6.45, 7) is 1.43. The van der Waals surface area contributed by atoms with Crippen LogP contribution in [0.1, 0.15) is 46.7 Å². The fraction of sp³-hybridized carbons (Fsp3) is 0.364. The molecule has 0 radical (unpaired) electrons. The maximum atomic E-state index is 14.0. The van der Waals surface area contributed by atoms with Crippen molar-refractivity contribution < 1.29 is 13.6 Å². The van der Waals surface area contributed by atoms with Crippen molar-refractivity contribution in [2.75, 3.05) is 18.0 Å². The number of benzene rings is 1. The Balaban J connectivity index is 1.42. The Bertz CT molecular complexity index is 1220. The van der Waals surface area contributed by atoms with Gasteiger partial charge in [0, 0.05) is 19.3 Å². The normalized spacial score (nSPS) is 15.9. The highest BCUT2D eigenvalue weighted by Gasteiger charge is 2.28. The van der Waals surface area contributed by atoms with E-state index in [2.05, 4.69) is 30.3 Å². The van der Waals surface area contributed by atoms with Gasteiger partial charge >= 0.3 is 0 Å². The minimum Gasteiger partial charge on any atom is -0.333 e. The van der Waals surface area contributed by atoms with E-state index in [-0.39, 0.29) is 6.42 Å². The van der Waals surface area contributed by atoms with Crippen molar-refractivity contribution in [2.45, 2.75) is 32.1 Å². The first-order chi connectivity index (χ1) is 15.5. The summed E-state index contributed by atoms with van der Waals surface area (Å²) >= 11 is 0. The lowest BCUT2D eigenvalue weighted by Gasteiger charge is -2.29. The molecule has 8 nitrogen and oxygen atoms in total. The second-order valence-electron chi connectivity index (χ2n) is 8.04. The van der Waals surface area contributed by atoms with Gasteiger partial charge < -0.3 is 4.90 Å². The quantitative estimate of drug-likeness (QED) is 0.580. The number of hydrogen-bond acceptors (Lipinski definition) is 7. The molecule has 0 unspecified atom stereocenters. The predicted octanol–water partition coefficient (Wildman–Crippen LogP) is 2.70. The van der Waals surface area contributed by atoms with E-state index in [4.69, 9.17) is 0 Å². The summed E-state index contributed by atoms with van der Waals surface area (Å²) in [7, 11) is 1.73. The smallest absolute Gasteiger partial charge is 0.266 e. The number of hydrogen-bond donors (Lipinski definition) is 0. The molecule has 1 aromatic carbocycles. The zero-order chi connectivity index (χ0) is 22.2. The number of carbonyl (C=O) groups is 1. The Hall–Kier alpha value is -3.56. The van der Waals surface area contributed by atoms with Crippen LogP contribution in [0.25, 0.3) is 5.57 Å². The molecule has 1 aliphatic carbocycles. The van der Waals surface area contributed by atoms with Gasteiger partial charge in [0.1, 0.15) is 11.6 Å². The second-order valence-corrected chi connectivity index (χ2v) is 8.04. The monoisotopic (exact) mass is 437 g/mol. The highest BCUT2D eigenvalue weighted by Crippen LogP contribution is 2.34. The van der Waals surface area contributed by atoms with E-state index in [1.54, 1.807) is 7.05 Å². The van der Waals surface area contributed by atoms with Crippen molar-refractivity contribution in [3.8, 4) is 0 Å². The van der Waals surface area contributed by atoms with E-state index in [0.717, 1.165) is 61.3 Å². The van der Waals surface area contributed by atoms with Crippen molar-refractivity contribution >= 4 is 17.3 Å². The summed E-state index contributed by atoms with van der Waals surface area (Å²) in [5, 5.41) is 12.3. The largest absolute Gasteiger partial charge is 0.333 e. The highest BCUT2D eigenvalue weighted by atomic mass is 19.1. The fourth-order valence-electron chi connectivity index (χ4n) is 4.36. The number of aryl methyl sites for hydroxylation is 2. The van der Waals surface area contributed by atoms with E-state index in [0.29, 0.717) is 18.2 Å². The average Bonchev–Trinajstić information content (AvgIpc) is 3.12. The number of anilines is 1. The topological polar surface area (TPSA) is 89.7 Å². The molecule has 3 aromatic rings. The summed E-state index contributed by atoms with van der Waals surface area (Å²) in [5.41, 5.74) is 3.97. The van der Waals surface area contributed by atoms with Gasteiger partial charge in [-0.05, 0) is 48.6 Å². The van der Waals surface area contributed by atoms with Crippen LogP contribution in [0.3, 0.4) is 0 Å².